The van der Waals surface area contributed by atoms with E-state index < -0.39 is 0 Å². The van der Waals surface area contributed by atoms with Crippen LogP contribution < -0.4 is 0 Å². The van der Waals surface area contributed by atoms with Crippen LogP contribution in [0.1, 0.15) is 94.2 Å². The first-order valence-electron chi connectivity index (χ1n) is 9.70. The Bertz CT molecular complexity index is 732. The van der Waals surface area contributed by atoms with Crippen molar-refractivity contribution in [3.8, 4) is 0 Å². The molecule has 0 aliphatic carbocycles. The zero-order valence-electron chi connectivity index (χ0n) is 19.4. The molecule has 0 bridgehead atoms. The summed E-state index contributed by atoms with van der Waals surface area (Å²) in [7, 11) is 2.02. The highest BCUT2D eigenvalue weighted by Crippen LogP contribution is 2.53. The highest BCUT2D eigenvalue weighted by atomic mass is 32.2. The molecule has 0 saturated heterocycles. The van der Waals surface area contributed by atoms with Crippen molar-refractivity contribution in [3.05, 3.63) is 11.1 Å². The fourth-order valence-corrected chi connectivity index (χ4v) is 12.9. The number of thiophene rings is 1. The van der Waals surface area contributed by atoms with Gasteiger partial charge in [-0.2, -0.15) is 0 Å². The molecule has 0 unspecified atom stereocenters. The van der Waals surface area contributed by atoms with Gasteiger partial charge in [-0.25, -0.2) is 0 Å². The summed E-state index contributed by atoms with van der Waals surface area (Å²) in [6.07, 6.45) is 0. The Hall–Kier alpha value is 1.06. The van der Waals surface area contributed by atoms with Gasteiger partial charge in [0.1, 0.15) is 0 Å². The molecule has 0 amide bonds. The predicted molar refractivity (Wildman–Crippen MR) is 146 cm³/mol. The first kappa shape index (κ1) is 25.3. The summed E-state index contributed by atoms with van der Waals surface area (Å²) >= 11 is 10.2. The number of thioether (sulfide) groups is 4. The van der Waals surface area contributed by atoms with Crippen LogP contribution in [-0.2, 0) is 0 Å². The SMILES string of the molecule is CC(C)(C)SC1=S=C(SC(C)(C)C)c2c(SC(C)(C)C)sc(SC(C)(C)C)c21. The molecule has 0 spiro atoms. The molecule has 0 radical (unpaired) electrons. The van der Waals surface area contributed by atoms with Crippen molar-refractivity contribution >= 4 is 77.7 Å². The third kappa shape index (κ3) is 7.64. The molecular formula is C22H36S6. The van der Waals surface area contributed by atoms with Crippen LogP contribution in [0.3, 0.4) is 0 Å². The zero-order valence-corrected chi connectivity index (χ0v) is 24.3. The van der Waals surface area contributed by atoms with Gasteiger partial charge in [0.2, 0.25) is 0 Å². The van der Waals surface area contributed by atoms with Gasteiger partial charge in [0.05, 0.1) is 16.8 Å². The van der Waals surface area contributed by atoms with E-state index in [-0.39, 0.29) is 19.0 Å². The van der Waals surface area contributed by atoms with Crippen LogP contribution in [0, 0.1) is 0 Å². The predicted octanol–water partition coefficient (Wildman–Crippen LogP) is 9.30. The second-order valence-corrected chi connectivity index (χ2v) is 21.4. The van der Waals surface area contributed by atoms with E-state index in [0.717, 1.165) is 0 Å². The van der Waals surface area contributed by atoms with Crippen molar-refractivity contribution in [2.75, 3.05) is 0 Å². The second kappa shape index (κ2) is 8.54. The van der Waals surface area contributed by atoms with Crippen LogP contribution in [0.4, 0.5) is 0 Å². The molecule has 0 atom stereocenters. The van der Waals surface area contributed by atoms with Gasteiger partial charge in [-0.05, 0) is 0 Å². The minimum atomic E-state index is 0.213. The lowest BCUT2D eigenvalue weighted by Crippen LogP contribution is -2.14. The van der Waals surface area contributed by atoms with E-state index in [0.29, 0.717) is 0 Å². The third-order valence-corrected chi connectivity index (χ3v) is 10.6. The van der Waals surface area contributed by atoms with Gasteiger partial charge in [-0.15, -0.1) is 69.3 Å². The lowest BCUT2D eigenvalue weighted by atomic mass is 10.2. The molecule has 0 N–H and O–H groups in total. The summed E-state index contributed by atoms with van der Waals surface area (Å²) in [4.78, 5) is 0. The second-order valence-electron chi connectivity index (χ2n) is 11.0. The zero-order chi connectivity index (χ0) is 21.7. The molecule has 2 rings (SSSR count). The molecule has 0 fully saturated rings. The van der Waals surface area contributed by atoms with Gasteiger partial charge < -0.3 is 0 Å². The van der Waals surface area contributed by atoms with Gasteiger partial charge in [-0.1, -0.05) is 83.1 Å². The molecule has 1 aliphatic rings. The molecule has 160 valence electrons. The molecule has 0 aromatic carbocycles. The normalized spacial score (nSPS) is 15.9. The van der Waals surface area contributed by atoms with Gasteiger partial charge in [0, 0.05) is 30.1 Å². The maximum atomic E-state index is 2.33. The van der Waals surface area contributed by atoms with E-state index in [9.17, 15) is 0 Å². The molecule has 1 aliphatic heterocycles. The first-order valence-corrected chi connectivity index (χ1v) is 14.6. The fourth-order valence-electron chi connectivity index (χ4n) is 2.35. The standard InChI is InChI=1S/C22H36S6/c1-19(2,3)25-15-13-14(17(23-15)27-21(7,8)9)18(28-22(10,11)12)24-16(13)26-20(4,5)6/h1-12H3. The van der Waals surface area contributed by atoms with E-state index in [2.05, 4.69) is 83.1 Å². The molecule has 1 aromatic rings. The van der Waals surface area contributed by atoms with Gasteiger partial charge in [0.25, 0.3) is 0 Å². The summed E-state index contributed by atoms with van der Waals surface area (Å²) in [6.45, 7) is 27.9. The Labute approximate surface area is 198 Å². The molecule has 28 heavy (non-hydrogen) atoms. The highest BCUT2D eigenvalue weighted by Gasteiger charge is 2.35. The molecule has 6 heteroatoms. The summed E-state index contributed by atoms with van der Waals surface area (Å²) in [6, 6.07) is 0. The van der Waals surface area contributed by atoms with E-state index in [1.54, 1.807) is 0 Å². The number of fused-ring (bicyclic) bond motifs is 1. The molecule has 2 heterocycles. The monoisotopic (exact) mass is 492 g/mol. The Morgan fingerprint density at radius 3 is 1.00 bits per heavy atom. The van der Waals surface area contributed by atoms with E-state index in [1.807, 2.05) is 69.3 Å². The number of hydrogen-bond acceptors (Lipinski definition) is 5. The third-order valence-electron chi connectivity index (χ3n) is 3.03. The maximum absolute atomic E-state index is 2.33. The summed E-state index contributed by atoms with van der Waals surface area (Å²) < 4.78 is 6.84. The Morgan fingerprint density at radius 2 is 0.750 bits per heavy atom. The average molecular weight is 493 g/mol. The van der Waals surface area contributed by atoms with Crippen LogP contribution in [0.15, 0.2) is 8.42 Å². The maximum Gasteiger partial charge on any atom is 0.0714 e. The van der Waals surface area contributed by atoms with Crippen molar-refractivity contribution in [1.29, 1.82) is 0 Å². The minimum absolute atomic E-state index is 0.213. The molecule has 0 saturated carbocycles. The van der Waals surface area contributed by atoms with Crippen LogP contribution in [0.2, 0.25) is 0 Å². The lowest BCUT2D eigenvalue weighted by Gasteiger charge is -2.21. The van der Waals surface area contributed by atoms with Gasteiger partial charge in [-0.3, -0.25) is 0 Å². The Balaban J connectivity index is 2.67. The van der Waals surface area contributed by atoms with Crippen molar-refractivity contribution in [2.45, 2.75) is 110 Å². The van der Waals surface area contributed by atoms with E-state index >= 15 is 0 Å². The minimum Gasteiger partial charge on any atom is -0.121 e. The smallest absolute Gasteiger partial charge is 0.0714 e. The average Bonchev–Trinajstić information content (AvgIpc) is 2.83. The molecular weight excluding hydrogens is 457 g/mol. The first-order chi connectivity index (χ1) is 12.3. The number of rotatable bonds is 2. The van der Waals surface area contributed by atoms with Crippen LogP contribution in [-0.4, -0.2) is 27.4 Å². The van der Waals surface area contributed by atoms with Crippen molar-refractivity contribution < 1.29 is 0 Å². The van der Waals surface area contributed by atoms with Gasteiger partial charge >= 0.3 is 0 Å². The van der Waals surface area contributed by atoms with Crippen LogP contribution in [0.25, 0.3) is 0 Å². The quantitative estimate of drug-likeness (QED) is 0.298. The van der Waals surface area contributed by atoms with Crippen LogP contribution >= 0.6 is 69.3 Å². The largest absolute Gasteiger partial charge is 0.121 e. The summed E-state index contributed by atoms with van der Waals surface area (Å²) in [5, 5.41) is 0. The Morgan fingerprint density at radius 1 is 0.464 bits per heavy atom. The van der Waals surface area contributed by atoms with Crippen molar-refractivity contribution in [1.82, 2.24) is 0 Å². The Kier molecular flexibility index (Phi) is 7.72. The lowest BCUT2D eigenvalue weighted by molar-refractivity contribution is 0.803. The number of hydrogen-bond donors (Lipinski definition) is 0. The van der Waals surface area contributed by atoms with Crippen molar-refractivity contribution in [2.24, 2.45) is 0 Å². The molecule has 1 aromatic heterocycles. The van der Waals surface area contributed by atoms with E-state index in [1.165, 1.54) is 27.9 Å². The summed E-state index contributed by atoms with van der Waals surface area (Å²) in [5.74, 6) is 0. The summed E-state index contributed by atoms with van der Waals surface area (Å²) in [5.41, 5.74) is 3.04. The topological polar surface area (TPSA) is 0 Å². The molecule has 0 nitrogen and oxygen atoms in total. The van der Waals surface area contributed by atoms with Crippen molar-refractivity contribution in [3.63, 3.8) is 0 Å². The van der Waals surface area contributed by atoms with E-state index in [4.69, 9.17) is 0 Å². The fraction of sp³-hybridized carbons (Fsp3) is 0.727. The highest BCUT2D eigenvalue weighted by molar-refractivity contribution is 8.36. The van der Waals surface area contributed by atoms with Crippen LogP contribution in [0.5, 0.6) is 0 Å². The van der Waals surface area contributed by atoms with Gasteiger partial charge in [0.15, 0.2) is 0 Å².